The molecule has 0 saturated carbocycles. The molecule has 0 saturated heterocycles. The number of nitrogens with one attached hydrogen (secondary N) is 1. The van der Waals surface area contributed by atoms with Crippen molar-refractivity contribution in [1.29, 1.82) is 0 Å². The molecule has 1 aliphatic rings. The summed E-state index contributed by atoms with van der Waals surface area (Å²) >= 11 is 1.96. The van der Waals surface area contributed by atoms with Gasteiger partial charge in [-0.15, -0.1) is 0 Å². The van der Waals surface area contributed by atoms with Crippen molar-refractivity contribution >= 4 is 11.8 Å². The second kappa shape index (κ2) is 6.49. The van der Waals surface area contributed by atoms with Gasteiger partial charge in [-0.05, 0) is 49.3 Å². The summed E-state index contributed by atoms with van der Waals surface area (Å²) < 4.78 is 5.59. The third kappa shape index (κ3) is 3.40. The van der Waals surface area contributed by atoms with Gasteiger partial charge in [-0.1, -0.05) is 24.3 Å². The molecule has 0 spiro atoms. The van der Waals surface area contributed by atoms with E-state index in [9.17, 15) is 5.11 Å². The first-order valence-corrected chi connectivity index (χ1v) is 8.90. The second-order valence-corrected chi connectivity index (χ2v) is 7.29. The zero-order chi connectivity index (χ0) is 15.6. The van der Waals surface area contributed by atoms with Crippen molar-refractivity contribution < 1.29 is 9.52 Å². The topological polar surface area (TPSA) is 45.4 Å². The van der Waals surface area contributed by atoms with Gasteiger partial charge in [0.15, 0.2) is 0 Å². The Balaban J connectivity index is 1.73. The summed E-state index contributed by atoms with van der Waals surface area (Å²) in [6.45, 7) is 4.17. The minimum atomic E-state index is -1.000. The highest BCUT2D eigenvalue weighted by Crippen LogP contribution is 2.29. The largest absolute Gasteiger partial charge is 0.463 e. The summed E-state index contributed by atoms with van der Waals surface area (Å²) in [7, 11) is 0. The lowest BCUT2D eigenvalue weighted by molar-refractivity contribution is 0.0314. The highest BCUT2D eigenvalue weighted by molar-refractivity contribution is 7.99. The summed E-state index contributed by atoms with van der Waals surface area (Å²) in [6, 6.07) is 12.6. The van der Waals surface area contributed by atoms with Gasteiger partial charge in [0.1, 0.15) is 17.1 Å². The highest BCUT2D eigenvalue weighted by atomic mass is 32.2. The van der Waals surface area contributed by atoms with Crippen molar-refractivity contribution in [2.75, 3.05) is 18.1 Å². The number of benzene rings is 1. The molecular weight excluding hydrogens is 294 g/mol. The van der Waals surface area contributed by atoms with E-state index in [2.05, 4.69) is 29.6 Å². The molecule has 2 aromatic rings. The third-order valence-corrected chi connectivity index (χ3v) is 5.26. The average Bonchev–Trinajstić information content (AvgIpc) is 2.84. The van der Waals surface area contributed by atoms with Crippen molar-refractivity contribution in [1.82, 2.24) is 5.32 Å². The molecule has 3 nitrogen and oxygen atoms in total. The molecule has 22 heavy (non-hydrogen) atoms. The minimum absolute atomic E-state index is 0.270. The molecule has 118 valence electrons. The summed E-state index contributed by atoms with van der Waals surface area (Å²) in [6.07, 6.45) is 1.12. The Bertz CT molecular complexity index is 636. The minimum Gasteiger partial charge on any atom is -0.463 e. The van der Waals surface area contributed by atoms with Crippen LogP contribution in [0.15, 0.2) is 40.8 Å². The molecule has 0 fully saturated rings. The van der Waals surface area contributed by atoms with Gasteiger partial charge in [-0.2, -0.15) is 11.8 Å². The van der Waals surface area contributed by atoms with Gasteiger partial charge >= 0.3 is 0 Å². The fraction of sp³-hybridized carbons (Fsp3) is 0.444. The Morgan fingerprint density at radius 3 is 2.91 bits per heavy atom. The lowest BCUT2D eigenvalue weighted by atomic mass is 9.98. The van der Waals surface area contributed by atoms with Crippen LogP contribution in [0.3, 0.4) is 0 Å². The van der Waals surface area contributed by atoms with Crippen LogP contribution in [0.4, 0.5) is 0 Å². The number of fused-ring (bicyclic) bond motifs is 1. The van der Waals surface area contributed by atoms with Gasteiger partial charge in [0.25, 0.3) is 0 Å². The van der Waals surface area contributed by atoms with E-state index in [1.807, 2.05) is 30.8 Å². The Kier molecular flexibility index (Phi) is 4.62. The van der Waals surface area contributed by atoms with Gasteiger partial charge in [0, 0.05) is 18.3 Å². The monoisotopic (exact) mass is 317 g/mol. The molecule has 1 aromatic carbocycles. The maximum Gasteiger partial charge on any atom is 0.136 e. The van der Waals surface area contributed by atoms with Crippen LogP contribution in [0.5, 0.6) is 0 Å². The van der Waals surface area contributed by atoms with Crippen LogP contribution >= 0.6 is 11.8 Å². The van der Waals surface area contributed by atoms with Gasteiger partial charge in [-0.25, -0.2) is 0 Å². The van der Waals surface area contributed by atoms with Gasteiger partial charge < -0.3 is 14.8 Å². The van der Waals surface area contributed by atoms with E-state index in [0.717, 1.165) is 23.7 Å². The van der Waals surface area contributed by atoms with Gasteiger partial charge in [0.2, 0.25) is 0 Å². The molecule has 2 atom stereocenters. The number of thioether (sulfide) groups is 1. The number of aryl methyl sites for hydroxylation is 2. The summed E-state index contributed by atoms with van der Waals surface area (Å²) in [5, 5.41) is 14.2. The number of furan rings is 1. The van der Waals surface area contributed by atoms with E-state index in [-0.39, 0.29) is 6.04 Å². The summed E-state index contributed by atoms with van der Waals surface area (Å²) in [5.74, 6) is 3.63. The molecule has 1 aromatic heterocycles. The van der Waals surface area contributed by atoms with E-state index in [0.29, 0.717) is 12.3 Å². The Labute approximate surface area is 136 Å². The van der Waals surface area contributed by atoms with Gasteiger partial charge in [-0.3, -0.25) is 0 Å². The standard InChI is InChI=1S/C18H23NO2S/c1-13-7-8-17(21-13)18(2,20)12-19-16-11-22-10-9-14-5-3-4-6-15(14)16/h3-8,16,19-20H,9-12H2,1-2H3. The highest BCUT2D eigenvalue weighted by Gasteiger charge is 2.28. The predicted octanol–water partition coefficient (Wildman–Crippen LogP) is 3.42. The van der Waals surface area contributed by atoms with Crippen LogP contribution in [0, 0.1) is 6.92 Å². The Morgan fingerprint density at radius 2 is 2.14 bits per heavy atom. The predicted molar refractivity (Wildman–Crippen MR) is 91.2 cm³/mol. The van der Waals surface area contributed by atoms with Crippen LogP contribution < -0.4 is 5.32 Å². The molecule has 0 amide bonds. The first kappa shape index (κ1) is 15.7. The van der Waals surface area contributed by atoms with Crippen molar-refractivity contribution in [2.24, 2.45) is 0 Å². The fourth-order valence-corrected chi connectivity index (χ4v) is 3.94. The number of hydrogen-bond donors (Lipinski definition) is 2. The molecule has 2 unspecified atom stereocenters. The van der Waals surface area contributed by atoms with Crippen LogP contribution in [-0.4, -0.2) is 23.2 Å². The van der Waals surface area contributed by atoms with Crippen molar-refractivity contribution in [2.45, 2.75) is 31.9 Å². The molecule has 2 heterocycles. The molecular formula is C18H23NO2S. The zero-order valence-electron chi connectivity index (χ0n) is 13.1. The van der Waals surface area contributed by atoms with E-state index < -0.39 is 5.60 Å². The van der Waals surface area contributed by atoms with Crippen molar-refractivity contribution in [3.8, 4) is 0 Å². The van der Waals surface area contributed by atoms with E-state index in [1.165, 1.54) is 11.1 Å². The van der Waals surface area contributed by atoms with E-state index >= 15 is 0 Å². The maximum absolute atomic E-state index is 10.7. The van der Waals surface area contributed by atoms with Crippen molar-refractivity contribution in [3.63, 3.8) is 0 Å². The average molecular weight is 317 g/mol. The molecule has 3 rings (SSSR count). The number of aliphatic hydroxyl groups is 1. The maximum atomic E-state index is 10.7. The lowest BCUT2D eigenvalue weighted by Crippen LogP contribution is -2.38. The first-order chi connectivity index (χ1) is 10.6. The zero-order valence-corrected chi connectivity index (χ0v) is 14.0. The molecule has 0 radical (unpaired) electrons. The molecule has 1 aliphatic heterocycles. The Hall–Kier alpha value is -1.23. The quantitative estimate of drug-likeness (QED) is 0.907. The molecule has 0 aliphatic carbocycles. The van der Waals surface area contributed by atoms with Crippen molar-refractivity contribution in [3.05, 3.63) is 59.0 Å². The normalized spacial score (nSPS) is 21.0. The number of rotatable bonds is 4. The smallest absolute Gasteiger partial charge is 0.136 e. The molecule has 2 N–H and O–H groups in total. The molecule has 4 heteroatoms. The van der Waals surface area contributed by atoms with E-state index in [4.69, 9.17) is 4.42 Å². The van der Waals surface area contributed by atoms with Gasteiger partial charge in [0.05, 0.1) is 0 Å². The first-order valence-electron chi connectivity index (χ1n) is 7.74. The fourth-order valence-electron chi connectivity index (χ4n) is 2.88. The summed E-state index contributed by atoms with van der Waals surface area (Å²) in [5.41, 5.74) is 1.78. The lowest BCUT2D eigenvalue weighted by Gasteiger charge is -2.26. The second-order valence-electron chi connectivity index (χ2n) is 6.14. The van der Waals surface area contributed by atoms with Crippen LogP contribution in [0.25, 0.3) is 0 Å². The van der Waals surface area contributed by atoms with Crippen LogP contribution in [0.2, 0.25) is 0 Å². The SMILES string of the molecule is Cc1ccc(C(C)(O)CNC2CSCCc3ccccc32)o1. The van der Waals surface area contributed by atoms with Crippen LogP contribution in [0.1, 0.15) is 35.6 Å². The number of hydrogen-bond acceptors (Lipinski definition) is 4. The summed E-state index contributed by atoms with van der Waals surface area (Å²) in [4.78, 5) is 0. The Morgan fingerprint density at radius 1 is 1.32 bits per heavy atom. The molecule has 0 bridgehead atoms. The van der Waals surface area contributed by atoms with Crippen LogP contribution in [-0.2, 0) is 12.0 Å². The van der Waals surface area contributed by atoms with E-state index in [1.54, 1.807) is 6.92 Å². The third-order valence-electron chi connectivity index (χ3n) is 4.19.